The fraction of sp³-hybridized carbons (Fsp3) is 0.292. The molecule has 1 unspecified atom stereocenters. The molecular weight excluding hydrogens is 432 g/mol. The van der Waals surface area contributed by atoms with Gasteiger partial charge in [0.2, 0.25) is 0 Å². The van der Waals surface area contributed by atoms with E-state index in [4.69, 9.17) is 10.1 Å². The zero-order chi connectivity index (χ0) is 23.8. The Labute approximate surface area is 198 Å². The highest BCUT2D eigenvalue weighted by Gasteiger charge is 2.24. The number of morpholine rings is 1. The number of ether oxygens (including phenoxy) is 1. The van der Waals surface area contributed by atoms with Gasteiger partial charge < -0.3 is 20.8 Å². The summed E-state index contributed by atoms with van der Waals surface area (Å²) in [6.45, 7) is 5.17. The first kappa shape index (κ1) is 23.3. The molecule has 1 saturated heterocycles. The second-order valence-corrected chi connectivity index (χ2v) is 7.87. The summed E-state index contributed by atoms with van der Waals surface area (Å²) in [5, 5.41) is 16.7. The minimum atomic E-state index is -0.372. The van der Waals surface area contributed by atoms with E-state index in [1.807, 2.05) is 37.3 Å². The maximum absolute atomic E-state index is 12.6. The van der Waals surface area contributed by atoms with Crippen molar-refractivity contribution in [3.05, 3.63) is 71.9 Å². The molecule has 0 aromatic carbocycles. The molecule has 1 aliphatic heterocycles. The van der Waals surface area contributed by atoms with Crippen LogP contribution in [0.2, 0.25) is 0 Å². The Kier molecular flexibility index (Phi) is 7.74. The van der Waals surface area contributed by atoms with Crippen LogP contribution in [-0.2, 0) is 4.74 Å². The van der Waals surface area contributed by atoms with Gasteiger partial charge in [-0.2, -0.15) is 0 Å². The minimum absolute atomic E-state index is 0.0589. The molecule has 1 fully saturated rings. The van der Waals surface area contributed by atoms with Crippen molar-refractivity contribution in [3.8, 4) is 0 Å². The molecule has 4 rings (SSSR count). The van der Waals surface area contributed by atoms with Gasteiger partial charge in [0.25, 0.3) is 0 Å². The van der Waals surface area contributed by atoms with Gasteiger partial charge in [0.1, 0.15) is 5.82 Å². The average molecular weight is 461 g/mol. The molecule has 0 aliphatic carbocycles. The van der Waals surface area contributed by atoms with Crippen molar-refractivity contribution >= 4 is 29.4 Å². The summed E-state index contributed by atoms with van der Waals surface area (Å²) in [5.74, 6) is 0.355. The third kappa shape index (κ3) is 6.12. The molecule has 10 heteroatoms. The number of anilines is 3. The van der Waals surface area contributed by atoms with Crippen LogP contribution < -0.4 is 16.0 Å². The number of amides is 2. The van der Waals surface area contributed by atoms with E-state index in [0.29, 0.717) is 36.8 Å². The molecule has 3 aromatic heterocycles. The van der Waals surface area contributed by atoms with Crippen molar-refractivity contribution in [3.63, 3.8) is 0 Å². The first-order chi connectivity index (χ1) is 16.6. The van der Waals surface area contributed by atoms with Crippen molar-refractivity contribution in [1.29, 1.82) is 5.41 Å². The standard InChI is InChI=1S/C24H28N8O2/c1-17-12-19(5-7-26-17)30-21-15-28-23(13-18(21)14-25)31-24(33)29-16-22(20-4-2-3-6-27-20)32-8-10-34-11-9-32/h2-7,12-15,22,25H,8-11,16H2,1H3,(H,26,30)(H2,28,29,31,33). The number of urea groups is 1. The number of aryl methyl sites for hydroxylation is 1. The molecule has 1 aliphatic rings. The number of aromatic nitrogens is 3. The van der Waals surface area contributed by atoms with Crippen molar-refractivity contribution in [2.45, 2.75) is 13.0 Å². The fourth-order valence-corrected chi connectivity index (χ4v) is 3.77. The van der Waals surface area contributed by atoms with E-state index in [1.165, 1.54) is 6.21 Å². The lowest BCUT2D eigenvalue weighted by Crippen LogP contribution is -2.44. The summed E-state index contributed by atoms with van der Waals surface area (Å²) in [5.41, 5.74) is 3.88. The SMILES string of the molecule is Cc1cc(Nc2cnc(NC(=O)NCC(c3ccccn3)N3CCOCC3)cc2C=N)ccn1. The molecule has 1 atom stereocenters. The number of nitrogens with zero attached hydrogens (tertiary/aromatic N) is 4. The number of carbonyl (C=O) groups excluding carboxylic acids is 1. The number of nitrogens with one attached hydrogen (secondary N) is 4. The number of pyridine rings is 3. The third-order valence-electron chi connectivity index (χ3n) is 5.48. The normalized spacial score (nSPS) is 14.7. The van der Waals surface area contributed by atoms with Gasteiger partial charge >= 0.3 is 6.03 Å². The van der Waals surface area contributed by atoms with Gasteiger partial charge in [-0.05, 0) is 37.3 Å². The van der Waals surface area contributed by atoms with Gasteiger partial charge in [-0.15, -0.1) is 0 Å². The number of rotatable bonds is 8. The Bertz CT molecular complexity index is 1120. The average Bonchev–Trinajstić information content (AvgIpc) is 2.86. The zero-order valence-corrected chi connectivity index (χ0v) is 19.0. The molecule has 3 aromatic rings. The van der Waals surface area contributed by atoms with E-state index < -0.39 is 0 Å². The number of carbonyl (C=O) groups is 1. The van der Waals surface area contributed by atoms with E-state index in [2.05, 4.69) is 35.8 Å². The highest BCUT2D eigenvalue weighted by molar-refractivity contribution is 5.92. The molecule has 0 bridgehead atoms. The van der Waals surface area contributed by atoms with E-state index in [9.17, 15) is 4.79 Å². The van der Waals surface area contributed by atoms with Crippen LogP contribution in [-0.4, -0.2) is 64.9 Å². The first-order valence-corrected chi connectivity index (χ1v) is 11.1. The molecular formula is C24H28N8O2. The van der Waals surface area contributed by atoms with Crippen LogP contribution in [0.4, 0.5) is 22.0 Å². The van der Waals surface area contributed by atoms with Gasteiger partial charge in [-0.25, -0.2) is 9.78 Å². The Hall–Kier alpha value is -3.89. The molecule has 176 valence electrons. The van der Waals surface area contributed by atoms with Crippen molar-refractivity contribution in [2.24, 2.45) is 0 Å². The van der Waals surface area contributed by atoms with Crippen molar-refractivity contribution in [2.75, 3.05) is 43.5 Å². The molecule has 0 radical (unpaired) electrons. The van der Waals surface area contributed by atoms with E-state index in [1.54, 1.807) is 24.7 Å². The highest BCUT2D eigenvalue weighted by Crippen LogP contribution is 2.22. The van der Waals surface area contributed by atoms with Crippen molar-refractivity contribution in [1.82, 2.24) is 25.2 Å². The second kappa shape index (κ2) is 11.3. The Balaban J connectivity index is 1.40. The second-order valence-electron chi connectivity index (χ2n) is 7.87. The van der Waals surface area contributed by atoms with Gasteiger partial charge in [0.05, 0.1) is 36.8 Å². The Morgan fingerprint density at radius 2 is 2.03 bits per heavy atom. The predicted molar refractivity (Wildman–Crippen MR) is 131 cm³/mol. The highest BCUT2D eigenvalue weighted by atomic mass is 16.5. The van der Waals surface area contributed by atoms with Gasteiger partial charge in [-0.1, -0.05) is 6.07 Å². The van der Waals surface area contributed by atoms with E-state index in [0.717, 1.165) is 30.2 Å². The summed E-state index contributed by atoms with van der Waals surface area (Å²) in [6, 6.07) is 10.8. The Morgan fingerprint density at radius 1 is 1.18 bits per heavy atom. The van der Waals surface area contributed by atoms with Crippen LogP contribution in [0.3, 0.4) is 0 Å². The van der Waals surface area contributed by atoms with Crippen LogP contribution >= 0.6 is 0 Å². The predicted octanol–water partition coefficient (Wildman–Crippen LogP) is 3.12. The smallest absolute Gasteiger partial charge is 0.320 e. The third-order valence-corrected chi connectivity index (χ3v) is 5.48. The quantitative estimate of drug-likeness (QED) is 0.380. The lowest BCUT2D eigenvalue weighted by molar-refractivity contribution is 0.0159. The van der Waals surface area contributed by atoms with Crippen LogP contribution in [0.5, 0.6) is 0 Å². The molecule has 10 nitrogen and oxygen atoms in total. The van der Waals surface area contributed by atoms with Crippen LogP contribution in [0.1, 0.15) is 23.0 Å². The molecule has 2 amide bonds. The van der Waals surface area contributed by atoms with Gasteiger partial charge in [-0.3, -0.25) is 20.2 Å². The lowest BCUT2D eigenvalue weighted by atomic mass is 10.1. The molecule has 0 saturated carbocycles. The minimum Gasteiger partial charge on any atom is -0.379 e. The van der Waals surface area contributed by atoms with Crippen LogP contribution in [0.25, 0.3) is 0 Å². The van der Waals surface area contributed by atoms with Crippen LogP contribution in [0.15, 0.2) is 55.0 Å². The molecule has 34 heavy (non-hydrogen) atoms. The molecule has 0 spiro atoms. The van der Waals surface area contributed by atoms with E-state index >= 15 is 0 Å². The van der Waals surface area contributed by atoms with Crippen molar-refractivity contribution < 1.29 is 9.53 Å². The summed E-state index contributed by atoms with van der Waals surface area (Å²) in [6.07, 6.45) is 6.28. The fourth-order valence-electron chi connectivity index (χ4n) is 3.77. The maximum atomic E-state index is 12.6. The largest absolute Gasteiger partial charge is 0.379 e. The van der Waals surface area contributed by atoms with E-state index in [-0.39, 0.29) is 12.1 Å². The summed E-state index contributed by atoms with van der Waals surface area (Å²) >= 11 is 0. The number of hydrogen-bond donors (Lipinski definition) is 4. The molecule has 4 N–H and O–H groups in total. The lowest BCUT2D eigenvalue weighted by Gasteiger charge is -2.34. The van der Waals surface area contributed by atoms with Gasteiger partial charge in [0.15, 0.2) is 0 Å². The zero-order valence-electron chi connectivity index (χ0n) is 19.0. The first-order valence-electron chi connectivity index (χ1n) is 11.1. The van der Waals surface area contributed by atoms with Gasteiger partial charge in [0, 0.05) is 55.2 Å². The number of hydrogen-bond acceptors (Lipinski definition) is 8. The molecule has 4 heterocycles. The maximum Gasteiger partial charge on any atom is 0.320 e. The monoisotopic (exact) mass is 460 g/mol. The van der Waals surface area contributed by atoms with Crippen LogP contribution in [0, 0.1) is 12.3 Å². The summed E-state index contributed by atoms with van der Waals surface area (Å²) < 4.78 is 5.47. The summed E-state index contributed by atoms with van der Waals surface area (Å²) in [4.78, 5) is 27.9. The Morgan fingerprint density at radius 3 is 2.76 bits per heavy atom. The summed E-state index contributed by atoms with van der Waals surface area (Å²) in [7, 11) is 0. The topological polar surface area (TPSA) is 128 Å².